The van der Waals surface area contributed by atoms with Gasteiger partial charge in [-0.25, -0.2) is 4.98 Å². The van der Waals surface area contributed by atoms with Gasteiger partial charge in [0.15, 0.2) is 0 Å². The van der Waals surface area contributed by atoms with E-state index in [4.69, 9.17) is 9.72 Å². The van der Waals surface area contributed by atoms with Crippen molar-refractivity contribution in [2.75, 3.05) is 20.2 Å². The van der Waals surface area contributed by atoms with Gasteiger partial charge >= 0.3 is 5.97 Å². The van der Waals surface area contributed by atoms with Crippen LogP contribution in [0.3, 0.4) is 0 Å². The molecule has 0 amide bonds. The molecule has 0 N–H and O–H groups in total. The first-order chi connectivity index (χ1) is 13.0. The minimum absolute atomic E-state index is 0.0116. The number of hydrogen-bond donors (Lipinski definition) is 0. The Morgan fingerprint density at radius 1 is 1.33 bits per heavy atom. The van der Waals surface area contributed by atoms with Crippen molar-refractivity contribution in [2.45, 2.75) is 20.0 Å². The molecule has 6 heteroatoms. The summed E-state index contributed by atoms with van der Waals surface area (Å²) < 4.78 is 8.09. The van der Waals surface area contributed by atoms with Gasteiger partial charge in [-0.1, -0.05) is 28.1 Å². The molecule has 1 unspecified atom stereocenters. The molecule has 3 aliphatic rings. The summed E-state index contributed by atoms with van der Waals surface area (Å²) in [5.41, 5.74) is 5.45. The first kappa shape index (κ1) is 18.2. The lowest BCUT2D eigenvalue weighted by Crippen LogP contribution is -2.26. The third-order valence-corrected chi connectivity index (χ3v) is 6.14. The molecule has 1 saturated heterocycles. The summed E-state index contributed by atoms with van der Waals surface area (Å²) >= 11 is 3.60. The average Bonchev–Trinajstić information content (AvgIpc) is 3.30. The van der Waals surface area contributed by atoms with Crippen molar-refractivity contribution in [2.24, 2.45) is 5.92 Å². The van der Waals surface area contributed by atoms with Crippen molar-refractivity contribution in [1.82, 2.24) is 14.5 Å². The summed E-state index contributed by atoms with van der Waals surface area (Å²) in [6.07, 6.45) is 5.01. The van der Waals surface area contributed by atoms with Crippen LogP contribution in [0.4, 0.5) is 0 Å². The third kappa shape index (κ3) is 3.64. The molecule has 140 valence electrons. The molecular weight excluding hydrogens is 406 g/mol. The fraction of sp³-hybridized carbons (Fsp3) is 0.333. The number of halogens is 1. The molecule has 4 rings (SSSR count). The lowest BCUT2D eigenvalue weighted by Gasteiger charge is -2.18. The van der Waals surface area contributed by atoms with E-state index in [0.29, 0.717) is 0 Å². The Hall–Kier alpha value is -2.18. The van der Waals surface area contributed by atoms with Crippen molar-refractivity contribution in [3.05, 3.63) is 52.8 Å². The number of aromatic nitrogens is 2. The molecule has 3 aliphatic heterocycles. The number of benzene rings is 1. The molecule has 1 fully saturated rings. The summed E-state index contributed by atoms with van der Waals surface area (Å²) in [6.45, 7) is 4.50. The summed E-state index contributed by atoms with van der Waals surface area (Å²) in [4.78, 5) is 18.8. The number of ether oxygens (including phenoxy) is 1. The SMILES string of the molecule is COC(=O)C1CCN(Cn2ccc3cc(-c4cccc(Br)c4C)nc-3c2)C1. The Labute approximate surface area is 167 Å². The second-order valence-corrected chi connectivity index (χ2v) is 7.93. The Kier molecular flexibility index (Phi) is 5.02. The highest BCUT2D eigenvalue weighted by Crippen LogP contribution is 2.32. The van der Waals surface area contributed by atoms with Crippen LogP contribution in [0, 0.1) is 12.8 Å². The highest BCUT2D eigenvalue weighted by molar-refractivity contribution is 9.10. The Balaban J connectivity index is 1.55. The number of carbonyl (C=O) groups is 1. The molecule has 27 heavy (non-hydrogen) atoms. The van der Waals surface area contributed by atoms with Crippen molar-refractivity contribution < 1.29 is 9.53 Å². The molecule has 1 atom stereocenters. The molecule has 0 aromatic heterocycles. The predicted molar refractivity (Wildman–Crippen MR) is 108 cm³/mol. The van der Waals surface area contributed by atoms with Crippen LogP contribution in [0.15, 0.2) is 47.2 Å². The van der Waals surface area contributed by atoms with E-state index in [1.165, 1.54) is 12.7 Å². The number of pyridine rings is 1. The molecular formula is C21H22BrN3O2. The fourth-order valence-electron chi connectivity index (χ4n) is 3.72. The number of hydrogen-bond acceptors (Lipinski definition) is 4. The van der Waals surface area contributed by atoms with E-state index in [1.54, 1.807) is 0 Å². The highest BCUT2D eigenvalue weighted by atomic mass is 79.9. The molecule has 0 spiro atoms. The number of nitrogens with zero attached hydrogens (tertiary/aromatic N) is 3. The number of esters is 1. The smallest absolute Gasteiger partial charge is 0.310 e. The van der Waals surface area contributed by atoms with Crippen molar-refractivity contribution >= 4 is 21.9 Å². The molecule has 0 aliphatic carbocycles. The van der Waals surface area contributed by atoms with Gasteiger partial charge in [-0.05, 0) is 37.1 Å². The normalized spacial score (nSPS) is 17.5. The van der Waals surface area contributed by atoms with Gasteiger partial charge in [-0.15, -0.1) is 0 Å². The van der Waals surface area contributed by atoms with Crippen LogP contribution in [0.1, 0.15) is 12.0 Å². The van der Waals surface area contributed by atoms with Gasteiger partial charge in [0, 0.05) is 41.1 Å². The van der Waals surface area contributed by atoms with Gasteiger partial charge in [0.2, 0.25) is 0 Å². The van der Waals surface area contributed by atoms with Crippen LogP contribution in [0.5, 0.6) is 0 Å². The first-order valence-electron chi connectivity index (χ1n) is 9.07. The summed E-state index contributed by atoms with van der Waals surface area (Å²) in [6, 6.07) is 10.4. The molecule has 3 heterocycles. The minimum atomic E-state index is -0.107. The Morgan fingerprint density at radius 3 is 3.00 bits per heavy atom. The average molecular weight is 428 g/mol. The summed E-state index contributed by atoms with van der Waals surface area (Å²) in [5, 5.41) is 0. The number of rotatable bonds is 4. The molecule has 0 bridgehead atoms. The topological polar surface area (TPSA) is 47.4 Å². The third-order valence-electron chi connectivity index (χ3n) is 5.28. The maximum absolute atomic E-state index is 11.7. The number of fused-ring (bicyclic) bond motifs is 1. The van der Waals surface area contributed by atoms with Gasteiger partial charge in [0.05, 0.1) is 31.1 Å². The van der Waals surface area contributed by atoms with E-state index in [9.17, 15) is 4.79 Å². The second kappa shape index (κ2) is 7.44. The number of methoxy groups -OCH3 is 1. The molecule has 0 radical (unpaired) electrons. The fourth-order valence-corrected chi connectivity index (χ4v) is 4.09. The van der Waals surface area contributed by atoms with Crippen LogP contribution in [0.25, 0.3) is 22.5 Å². The lowest BCUT2D eigenvalue weighted by atomic mass is 10.1. The number of carbonyl (C=O) groups excluding carboxylic acids is 1. The van der Waals surface area contributed by atoms with Gasteiger partial charge in [0.1, 0.15) is 0 Å². The van der Waals surface area contributed by atoms with Crippen LogP contribution < -0.4 is 0 Å². The van der Waals surface area contributed by atoms with Crippen LogP contribution in [-0.2, 0) is 16.2 Å². The van der Waals surface area contributed by atoms with E-state index in [1.807, 2.05) is 12.1 Å². The maximum atomic E-state index is 11.7. The van der Waals surface area contributed by atoms with Gasteiger partial charge in [0.25, 0.3) is 0 Å². The maximum Gasteiger partial charge on any atom is 0.310 e. The molecule has 5 nitrogen and oxygen atoms in total. The summed E-state index contributed by atoms with van der Waals surface area (Å²) in [7, 11) is 1.46. The second-order valence-electron chi connectivity index (χ2n) is 7.08. The zero-order valence-electron chi connectivity index (χ0n) is 15.5. The summed E-state index contributed by atoms with van der Waals surface area (Å²) in [5.74, 6) is -0.118. The van der Waals surface area contributed by atoms with E-state index in [-0.39, 0.29) is 11.9 Å². The molecule has 0 saturated carbocycles. The monoisotopic (exact) mass is 427 g/mol. The Morgan fingerprint density at radius 2 is 2.19 bits per heavy atom. The van der Waals surface area contributed by atoms with Gasteiger partial charge in [-0.3, -0.25) is 9.69 Å². The highest BCUT2D eigenvalue weighted by Gasteiger charge is 2.28. The quantitative estimate of drug-likeness (QED) is 0.585. The largest absolute Gasteiger partial charge is 0.469 e. The van der Waals surface area contributed by atoms with Crippen molar-refractivity contribution in [1.29, 1.82) is 0 Å². The zero-order valence-corrected chi connectivity index (χ0v) is 17.1. The zero-order chi connectivity index (χ0) is 19.0. The standard InChI is InChI=1S/C21H22BrN3O2/c1-14-17(4-3-5-18(14)22)19-10-15-6-8-25(12-20(15)23-19)13-24-9-7-16(11-24)21(26)27-2/h3-6,8,10,12,16H,7,9,11,13H2,1-2H3. The van der Waals surface area contributed by atoms with Crippen LogP contribution in [-0.4, -0.2) is 40.6 Å². The van der Waals surface area contributed by atoms with E-state index in [0.717, 1.165) is 53.2 Å². The van der Waals surface area contributed by atoms with Gasteiger partial charge < -0.3 is 9.30 Å². The van der Waals surface area contributed by atoms with Gasteiger partial charge in [-0.2, -0.15) is 0 Å². The van der Waals surface area contributed by atoms with E-state index >= 15 is 0 Å². The predicted octanol–water partition coefficient (Wildman–Crippen LogP) is 4.18. The lowest BCUT2D eigenvalue weighted by molar-refractivity contribution is -0.145. The van der Waals surface area contributed by atoms with E-state index in [2.05, 4.69) is 62.9 Å². The van der Waals surface area contributed by atoms with Crippen LogP contribution in [0.2, 0.25) is 0 Å². The molecule has 1 aromatic rings. The van der Waals surface area contributed by atoms with Crippen LogP contribution >= 0.6 is 15.9 Å². The van der Waals surface area contributed by atoms with Crippen molar-refractivity contribution in [3.63, 3.8) is 0 Å². The van der Waals surface area contributed by atoms with Crippen molar-refractivity contribution in [3.8, 4) is 22.5 Å². The Bertz CT molecular complexity index is 952. The van der Waals surface area contributed by atoms with E-state index < -0.39 is 0 Å². The minimum Gasteiger partial charge on any atom is -0.469 e. The first-order valence-corrected chi connectivity index (χ1v) is 9.86. The number of likely N-dealkylation sites (tertiary alicyclic amines) is 1. The molecule has 1 aromatic carbocycles.